The second-order valence-corrected chi connectivity index (χ2v) is 4.95. The predicted molar refractivity (Wildman–Crippen MR) is 73.9 cm³/mol. The van der Waals surface area contributed by atoms with E-state index in [0.29, 0.717) is 11.7 Å². The molecule has 0 aliphatic heterocycles. The van der Waals surface area contributed by atoms with E-state index < -0.39 is 0 Å². The highest BCUT2D eigenvalue weighted by Crippen LogP contribution is 2.35. The van der Waals surface area contributed by atoms with Gasteiger partial charge in [0.2, 0.25) is 0 Å². The Morgan fingerprint density at radius 1 is 1.32 bits per heavy atom. The number of anilines is 1. The Kier molecular flexibility index (Phi) is 3.11. The minimum absolute atomic E-state index is 0.496. The summed E-state index contributed by atoms with van der Waals surface area (Å²) in [6, 6.07) is 6.12. The standard InChI is InChI=1S/C14H18N4O/c1-19-11-6-7-13(15)12(8-11)14-17-16-9-18(14)10-4-2-3-5-10/h6-10H,2-5,15H2,1H3. The summed E-state index contributed by atoms with van der Waals surface area (Å²) in [5.74, 6) is 1.62. The van der Waals surface area contributed by atoms with Gasteiger partial charge in [0, 0.05) is 17.3 Å². The molecule has 5 nitrogen and oxygen atoms in total. The fraction of sp³-hybridized carbons (Fsp3) is 0.429. The van der Waals surface area contributed by atoms with Crippen molar-refractivity contribution in [3.05, 3.63) is 24.5 Å². The molecule has 3 rings (SSSR count). The van der Waals surface area contributed by atoms with E-state index in [1.165, 1.54) is 25.7 Å². The van der Waals surface area contributed by atoms with E-state index >= 15 is 0 Å². The number of hydrogen-bond acceptors (Lipinski definition) is 4. The van der Waals surface area contributed by atoms with Crippen LogP contribution >= 0.6 is 0 Å². The first kappa shape index (κ1) is 12.0. The average Bonchev–Trinajstić information content (AvgIpc) is 3.09. The summed E-state index contributed by atoms with van der Waals surface area (Å²) < 4.78 is 7.41. The van der Waals surface area contributed by atoms with Gasteiger partial charge in [-0.3, -0.25) is 0 Å². The zero-order valence-corrected chi connectivity index (χ0v) is 11.0. The lowest BCUT2D eigenvalue weighted by Gasteiger charge is -2.15. The Balaban J connectivity index is 2.04. The number of nitrogen functional groups attached to an aromatic ring is 1. The van der Waals surface area contributed by atoms with Crippen LogP contribution in [0.2, 0.25) is 0 Å². The van der Waals surface area contributed by atoms with Crippen molar-refractivity contribution in [1.29, 1.82) is 0 Å². The Labute approximate surface area is 112 Å². The van der Waals surface area contributed by atoms with Gasteiger partial charge in [-0.2, -0.15) is 0 Å². The highest BCUT2D eigenvalue weighted by molar-refractivity contribution is 5.73. The normalized spacial score (nSPS) is 15.8. The van der Waals surface area contributed by atoms with Crippen molar-refractivity contribution in [3.8, 4) is 17.1 Å². The lowest BCUT2D eigenvalue weighted by molar-refractivity contribution is 0.415. The van der Waals surface area contributed by atoms with Gasteiger partial charge >= 0.3 is 0 Å². The molecule has 0 bridgehead atoms. The summed E-state index contributed by atoms with van der Waals surface area (Å²) in [5, 5.41) is 8.30. The van der Waals surface area contributed by atoms with Crippen LogP contribution in [0.3, 0.4) is 0 Å². The first-order valence-electron chi connectivity index (χ1n) is 6.63. The van der Waals surface area contributed by atoms with Crippen molar-refractivity contribution in [1.82, 2.24) is 14.8 Å². The molecule has 0 radical (unpaired) electrons. The van der Waals surface area contributed by atoms with Crippen LogP contribution in [-0.4, -0.2) is 21.9 Å². The molecular formula is C14H18N4O. The molecule has 0 amide bonds. The van der Waals surface area contributed by atoms with Gasteiger partial charge < -0.3 is 15.0 Å². The van der Waals surface area contributed by atoms with Crippen LogP contribution < -0.4 is 10.5 Å². The molecule has 0 atom stereocenters. The molecule has 0 unspecified atom stereocenters. The van der Waals surface area contributed by atoms with Crippen molar-refractivity contribution in [2.75, 3.05) is 12.8 Å². The van der Waals surface area contributed by atoms with Crippen molar-refractivity contribution in [2.24, 2.45) is 0 Å². The van der Waals surface area contributed by atoms with Crippen LogP contribution in [0.4, 0.5) is 5.69 Å². The fourth-order valence-corrected chi connectivity index (χ4v) is 2.74. The lowest BCUT2D eigenvalue weighted by atomic mass is 10.1. The monoisotopic (exact) mass is 258 g/mol. The third kappa shape index (κ3) is 2.16. The largest absolute Gasteiger partial charge is 0.497 e. The molecule has 1 saturated carbocycles. The van der Waals surface area contributed by atoms with Gasteiger partial charge in [0.25, 0.3) is 0 Å². The SMILES string of the molecule is COc1ccc(N)c(-c2nncn2C2CCCC2)c1. The van der Waals surface area contributed by atoms with Crippen molar-refractivity contribution < 1.29 is 4.74 Å². The quantitative estimate of drug-likeness (QED) is 0.859. The molecule has 1 aliphatic rings. The lowest BCUT2D eigenvalue weighted by Crippen LogP contribution is -2.06. The molecule has 19 heavy (non-hydrogen) atoms. The smallest absolute Gasteiger partial charge is 0.166 e. The van der Waals surface area contributed by atoms with E-state index in [-0.39, 0.29) is 0 Å². The number of nitrogens with two attached hydrogens (primary N) is 1. The van der Waals surface area contributed by atoms with Crippen LogP contribution in [0.1, 0.15) is 31.7 Å². The van der Waals surface area contributed by atoms with Gasteiger partial charge in [-0.05, 0) is 31.0 Å². The number of methoxy groups -OCH3 is 1. The molecule has 0 saturated heterocycles. The molecule has 1 aromatic carbocycles. The predicted octanol–water partition coefficient (Wildman–Crippen LogP) is 2.65. The second-order valence-electron chi connectivity index (χ2n) is 4.95. The number of aromatic nitrogens is 3. The Hall–Kier alpha value is -2.04. The van der Waals surface area contributed by atoms with E-state index in [4.69, 9.17) is 10.5 Å². The number of benzene rings is 1. The maximum atomic E-state index is 6.07. The van der Waals surface area contributed by atoms with Crippen LogP contribution in [0.25, 0.3) is 11.4 Å². The molecular weight excluding hydrogens is 240 g/mol. The summed E-state index contributed by atoms with van der Waals surface area (Å²) in [7, 11) is 1.65. The molecule has 5 heteroatoms. The fourth-order valence-electron chi connectivity index (χ4n) is 2.74. The van der Waals surface area contributed by atoms with E-state index in [1.807, 2.05) is 24.5 Å². The summed E-state index contributed by atoms with van der Waals surface area (Å²) >= 11 is 0. The first-order valence-corrected chi connectivity index (χ1v) is 6.63. The van der Waals surface area contributed by atoms with Gasteiger partial charge in [0.05, 0.1) is 7.11 Å². The third-order valence-electron chi connectivity index (χ3n) is 3.79. The zero-order valence-electron chi connectivity index (χ0n) is 11.0. The number of ether oxygens (including phenoxy) is 1. The van der Waals surface area contributed by atoms with Gasteiger partial charge in [0.1, 0.15) is 12.1 Å². The van der Waals surface area contributed by atoms with E-state index in [9.17, 15) is 0 Å². The van der Waals surface area contributed by atoms with Crippen LogP contribution in [0.15, 0.2) is 24.5 Å². The summed E-state index contributed by atoms with van der Waals surface area (Å²) in [5.41, 5.74) is 7.66. The van der Waals surface area contributed by atoms with E-state index in [1.54, 1.807) is 7.11 Å². The molecule has 2 N–H and O–H groups in total. The van der Waals surface area contributed by atoms with E-state index in [0.717, 1.165) is 17.1 Å². The van der Waals surface area contributed by atoms with Gasteiger partial charge in [-0.25, -0.2) is 0 Å². The first-order chi connectivity index (χ1) is 9.29. The average molecular weight is 258 g/mol. The van der Waals surface area contributed by atoms with Crippen LogP contribution in [0, 0.1) is 0 Å². The molecule has 2 aromatic rings. The number of rotatable bonds is 3. The zero-order chi connectivity index (χ0) is 13.2. The van der Waals surface area contributed by atoms with Gasteiger partial charge in [-0.15, -0.1) is 10.2 Å². The maximum absolute atomic E-state index is 6.07. The maximum Gasteiger partial charge on any atom is 0.166 e. The Morgan fingerprint density at radius 2 is 2.11 bits per heavy atom. The minimum atomic E-state index is 0.496. The van der Waals surface area contributed by atoms with Crippen molar-refractivity contribution in [2.45, 2.75) is 31.7 Å². The summed E-state index contributed by atoms with van der Waals surface area (Å²) in [4.78, 5) is 0. The molecule has 1 aliphatic carbocycles. The van der Waals surface area contributed by atoms with Gasteiger partial charge in [0.15, 0.2) is 5.82 Å². The van der Waals surface area contributed by atoms with Crippen LogP contribution in [0.5, 0.6) is 5.75 Å². The minimum Gasteiger partial charge on any atom is -0.497 e. The molecule has 1 fully saturated rings. The number of nitrogens with zero attached hydrogens (tertiary/aromatic N) is 3. The molecule has 1 heterocycles. The number of hydrogen-bond donors (Lipinski definition) is 1. The Bertz CT molecular complexity index is 573. The highest BCUT2D eigenvalue weighted by atomic mass is 16.5. The Morgan fingerprint density at radius 3 is 2.84 bits per heavy atom. The van der Waals surface area contributed by atoms with Crippen molar-refractivity contribution >= 4 is 5.69 Å². The highest BCUT2D eigenvalue weighted by Gasteiger charge is 2.21. The molecule has 0 spiro atoms. The molecule has 100 valence electrons. The van der Waals surface area contributed by atoms with Crippen LogP contribution in [-0.2, 0) is 0 Å². The van der Waals surface area contributed by atoms with E-state index in [2.05, 4.69) is 14.8 Å². The summed E-state index contributed by atoms with van der Waals surface area (Å²) in [6.07, 6.45) is 6.74. The summed E-state index contributed by atoms with van der Waals surface area (Å²) in [6.45, 7) is 0. The van der Waals surface area contributed by atoms with Crippen molar-refractivity contribution in [3.63, 3.8) is 0 Å². The third-order valence-corrected chi connectivity index (χ3v) is 3.79. The molecule has 1 aromatic heterocycles. The van der Waals surface area contributed by atoms with Gasteiger partial charge in [-0.1, -0.05) is 12.8 Å². The second kappa shape index (κ2) is 4.91. The topological polar surface area (TPSA) is 66.0 Å².